The minimum atomic E-state index is -1.77. The normalized spacial score (nSPS) is 11.5. The number of hydrogen-bond donors (Lipinski definition) is 4. The fraction of sp³-hybridized carbons (Fsp3) is 0. The summed E-state index contributed by atoms with van der Waals surface area (Å²) in [6.45, 7) is 0. The minimum Gasteiger partial charge on any atom is -0.324 e. The van der Waals surface area contributed by atoms with E-state index in [-0.39, 0.29) is 0 Å². The van der Waals surface area contributed by atoms with Crippen LogP contribution in [0.25, 0.3) is 89.7 Å². The molecule has 0 atom stereocenters. The summed E-state index contributed by atoms with van der Waals surface area (Å²) < 4.78 is 14.6. The second-order valence-corrected chi connectivity index (χ2v) is 10.4. The number of hydrogen-bond acceptors (Lipinski definition) is 8. The predicted molar refractivity (Wildman–Crippen MR) is 160 cm³/mol. The summed E-state index contributed by atoms with van der Waals surface area (Å²) in [5.74, 6) is 2.39. The van der Waals surface area contributed by atoms with Crippen molar-refractivity contribution in [2.45, 2.75) is 0 Å². The van der Waals surface area contributed by atoms with E-state index in [0.29, 0.717) is 45.9 Å². The van der Waals surface area contributed by atoms with Crippen molar-refractivity contribution < 1.29 is 30.5 Å². The summed E-state index contributed by atoms with van der Waals surface area (Å²) in [6, 6.07) is 32.2. The smallest absolute Gasteiger partial charge is 0.164 e. The molecule has 0 spiro atoms. The fourth-order valence-electron chi connectivity index (χ4n) is 5.59. The Morgan fingerprint density at radius 3 is 0.860 bits per heavy atom. The van der Waals surface area contributed by atoms with Gasteiger partial charge in [-0.3, -0.25) is 0 Å². The average Bonchev–Trinajstić information content (AvgIpc) is 3.77. The third kappa shape index (κ3) is 4.28. The average molecular weight is 640 g/mol. The molecule has 0 radical (unpaired) electrons. The topological polar surface area (TPSA) is 149 Å². The predicted octanol–water partition coefficient (Wildman–Crippen LogP) is 5.75. The molecule has 204 valence electrons. The molecule has 4 N–H and O–H groups in total. The molecule has 43 heavy (non-hydrogen) atoms. The van der Waals surface area contributed by atoms with Gasteiger partial charge in [-0.15, -0.1) is 0 Å². The molecule has 9 rings (SSSR count). The van der Waals surface area contributed by atoms with Crippen molar-refractivity contribution in [3.63, 3.8) is 0 Å². The number of fused-ring (bicyclic) bond motifs is 20. The van der Waals surface area contributed by atoms with E-state index >= 15 is 0 Å². The molecular weight excluding hydrogens is 620 g/mol. The van der Waals surface area contributed by atoms with Crippen LogP contribution in [0.1, 0.15) is 0 Å². The van der Waals surface area contributed by atoms with Gasteiger partial charge in [-0.05, 0) is 0 Å². The number of aromatic amines is 2. The number of rotatable bonds is 0. The Morgan fingerprint density at radius 1 is 0.372 bits per heavy atom. The fourth-order valence-corrected chi connectivity index (χ4v) is 5.59. The number of aromatic nitrogens is 8. The van der Waals surface area contributed by atoms with Crippen LogP contribution in [-0.4, -0.2) is 46.2 Å². The molecule has 0 aliphatic carbocycles. The van der Waals surface area contributed by atoms with E-state index in [9.17, 15) is 0 Å². The van der Waals surface area contributed by atoms with Crippen LogP contribution in [0.2, 0.25) is 0 Å². The van der Waals surface area contributed by atoms with Gasteiger partial charge < -0.3 is 9.97 Å². The number of nitrogens with zero attached hydrogens (tertiary/aromatic N) is 6. The molecule has 0 saturated heterocycles. The summed E-state index contributed by atoms with van der Waals surface area (Å²) in [5.41, 5.74) is 6.45. The largest absolute Gasteiger partial charge is 0.324 e. The van der Waals surface area contributed by atoms with Gasteiger partial charge in [-0.25, -0.2) is 29.9 Å². The maximum atomic E-state index is 7.30. The van der Waals surface area contributed by atoms with Crippen LogP contribution in [0.3, 0.4) is 0 Å². The Labute approximate surface area is 256 Å². The number of benzene rings is 4. The third-order valence-electron chi connectivity index (χ3n) is 7.46. The molecular formula is C32H20N8O2Zr. The monoisotopic (exact) mass is 638 g/mol. The maximum Gasteiger partial charge on any atom is 0.164 e. The Bertz CT molecular complexity index is 2060. The molecule has 2 aliphatic heterocycles. The molecule has 7 aromatic rings. The summed E-state index contributed by atoms with van der Waals surface area (Å²) in [4.78, 5) is 36.8. The first kappa shape index (κ1) is 25.7. The number of nitrogens with one attached hydrogen (secondary N) is 2. The van der Waals surface area contributed by atoms with Crippen molar-refractivity contribution >= 4 is 44.1 Å². The van der Waals surface area contributed by atoms with Crippen LogP contribution in [0.5, 0.6) is 0 Å². The van der Waals surface area contributed by atoms with Gasteiger partial charge in [0, 0.05) is 43.8 Å². The van der Waals surface area contributed by atoms with Crippen molar-refractivity contribution in [3.8, 4) is 45.6 Å². The number of H-pyrrole nitrogens is 2. The van der Waals surface area contributed by atoms with Crippen molar-refractivity contribution in [1.29, 1.82) is 0 Å². The molecule has 10 nitrogen and oxygen atoms in total. The van der Waals surface area contributed by atoms with Crippen molar-refractivity contribution in [2.75, 3.05) is 0 Å². The van der Waals surface area contributed by atoms with Crippen LogP contribution in [0, 0.1) is 0 Å². The van der Waals surface area contributed by atoms with Gasteiger partial charge in [0.15, 0.2) is 23.3 Å². The van der Waals surface area contributed by atoms with E-state index in [2.05, 4.69) is 9.97 Å². The van der Waals surface area contributed by atoms with Gasteiger partial charge in [0.2, 0.25) is 0 Å². The minimum absolute atomic E-state index is 0.597. The Morgan fingerprint density at radius 2 is 0.605 bits per heavy atom. The van der Waals surface area contributed by atoms with Gasteiger partial charge in [-0.1, -0.05) is 97.1 Å². The van der Waals surface area contributed by atoms with E-state index in [0.717, 1.165) is 43.8 Å². The van der Waals surface area contributed by atoms with Gasteiger partial charge >= 0.3 is 30.5 Å². The summed E-state index contributed by atoms with van der Waals surface area (Å²) in [7, 11) is 0. The van der Waals surface area contributed by atoms with E-state index in [1.165, 1.54) is 0 Å². The van der Waals surface area contributed by atoms with Crippen LogP contribution >= 0.6 is 0 Å². The first-order valence-corrected chi connectivity index (χ1v) is 15.6. The zero-order valence-electron chi connectivity index (χ0n) is 22.3. The van der Waals surface area contributed by atoms with E-state index in [4.69, 9.17) is 36.3 Å². The Hall–Kier alpha value is -4.96. The molecule has 0 saturated carbocycles. The molecule has 4 aromatic carbocycles. The van der Waals surface area contributed by atoms with Gasteiger partial charge in [0.1, 0.15) is 22.6 Å². The van der Waals surface area contributed by atoms with Crippen molar-refractivity contribution in [1.82, 2.24) is 39.9 Å². The molecule has 0 fully saturated rings. The molecule has 3 aromatic heterocycles. The van der Waals surface area contributed by atoms with Gasteiger partial charge in [0.25, 0.3) is 0 Å². The van der Waals surface area contributed by atoms with Gasteiger partial charge in [0.05, 0.1) is 0 Å². The molecule has 2 aliphatic rings. The quantitative estimate of drug-likeness (QED) is 0.164. The Balaban J connectivity index is 0.000000892. The zero-order valence-corrected chi connectivity index (χ0v) is 24.8. The second-order valence-electron chi connectivity index (χ2n) is 9.89. The van der Waals surface area contributed by atoms with Crippen LogP contribution in [0.4, 0.5) is 0 Å². The zero-order chi connectivity index (χ0) is 28.9. The SMILES string of the molecule is [OH][Zr][OH].c1ccc2c(c1)-c1nc-2nc2[nH]c(nc3nc(nc4[nH]c(n1)c1ccccc41)-c1ccccc1-3)c1ccccc21. The first-order valence-electron chi connectivity index (χ1n) is 13.4. The van der Waals surface area contributed by atoms with Crippen LogP contribution < -0.4 is 0 Å². The van der Waals surface area contributed by atoms with Crippen LogP contribution in [-0.2, 0) is 24.1 Å². The summed E-state index contributed by atoms with van der Waals surface area (Å²) >= 11 is -1.77. The van der Waals surface area contributed by atoms with E-state index < -0.39 is 24.1 Å². The summed E-state index contributed by atoms with van der Waals surface area (Å²) in [6.07, 6.45) is 0. The molecule has 0 amide bonds. The molecule has 0 unspecified atom stereocenters. The van der Waals surface area contributed by atoms with Crippen LogP contribution in [0.15, 0.2) is 97.1 Å². The summed E-state index contributed by atoms with van der Waals surface area (Å²) in [5, 5.41) is 3.82. The third-order valence-corrected chi connectivity index (χ3v) is 7.46. The first-order chi connectivity index (χ1) is 21.2. The standard InChI is InChI=1S/C32H18N8.2H2O.Zr/c1-2-10-18-17(9-1)25-33-26(18)38-28-21-13-5-6-14-22(21)30(35-28)40-32-24-16-8-7-15-23(24)31(36-32)39-29-20-12-4-3-11-19(20)27(34-29)37-25;;;/h1-16H,(H2,33,34,35,36,37,38,39,40);2*1H2;/q;;;+2/p-2. The van der Waals surface area contributed by atoms with Gasteiger partial charge in [-0.2, -0.15) is 0 Å². The molecule has 11 heteroatoms. The molecule has 8 bridgehead atoms. The molecule has 5 heterocycles. The van der Waals surface area contributed by atoms with Crippen molar-refractivity contribution in [3.05, 3.63) is 97.1 Å². The second kappa shape index (κ2) is 10.4. The van der Waals surface area contributed by atoms with E-state index in [1.54, 1.807) is 0 Å². The van der Waals surface area contributed by atoms with Crippen molar-refractivity contribution in [2.24, 2.45) is 0 Å². The van der Waals surface area contributed by atoms with E-state index in [1.807, 2.05) is 97.1 Å². The Kier molecular flexibility index (Phi) is 6.22. The maximum absolute atomic E-state index is 7.30.